The third kappa shape index (κ3) is 3.98. The number of piperidine rings is 2. The van der Waals surface area contributed by atoms with Gasteiger partial charge in [0.1, 0.15) is 0 Å². The van der Waals surface area contributed by atoms with Crippen molar-refractivity contribution in [2.75, 3.05) is 19.6 Å². The first-order valence-corrected chi connectivity index (χ1v) is 10.1. The van der Waals surface area contributed by atoms with Gasteiger partial charge in [-0.05, 0) is 50.4 Å². The lowest BCUT2D eigenvalue weighted by atomic mass is 9.72. The van der Waals surface area contributed by atoms with Gasteiger partial charge in [0.2, 0.25) is 11.8 Å². The van der Waals surface area contributed by atoms with Gasteiger partial charge in [0.05, 0.1) is 30.2 Å². The molecule has 3 heterocycles. The number of hydrogen-bond acceptors (Lipinski definition) is 5. The van der Waals surface area contributed by atoms with E-state index in [0.717, 1.165) is 63.1 Å². The predicted molar refractivity (Wildman–Crippen MR) is 100 cm³/mol. The van der Waals surface area contributed by atoms with Crippen LogP contribution in [0.3, 0.4) is 0 Å². The van der Waals surface area contributed by atoms with Gasteiger partial charge in [0.15, 0.2) is 0 Å². The maximum Gasteiger partial charge on any atom is 0.239 e. The Labute approximate surface area is 160 Å². The zero-order valence-electron chi connectivity index (χ0n) is 16.1. The number of likely N-dealkylation sites (tertiary alicyclic amines) is 2. The predicted octanol–water partition coefficient (Wildman–Crippen LogP) is 1.25. The fourth-order valence-corrected chi connectivity index (χ4v) is 4.42. The lowest BCUT2D eigenvalue weighted by molar-refractivity contribution is -0.143. The Morgan fingerprint density at radius 3 is 2.63 bits per heavy atom. The summed E-state index contributed by atoms with van der Waals surface area (Å²) >= 11 is 0. The fraction of sp³-hybridized carbons (Fsp3) is 0.700. The van der Waals surface area contributed by atoms with Crippen LogP contribution in [0.4, 0.5) is 0 Å². The van der Waals surface area contributed by atoms with Crippen LogP contribution < -0.4 is 5.73 Å². The average Bonchev–Trinajstić information content (AvgIpc) is 3.51. The SMILES string of the molecule is Cc1cnc(CN2CC3(CCC2=O)CCN(C(=O)[C@@H](N)C2CC2)CC3)cn1. The molecular weight excluding hydrogens is 342 g/mol. The number of nitrogens with zero attached hydrogens (tertiary/aromatic N) is 4. The number of nitrogens with two attached hydrogens (primary N) is 1. The molecule has 7 nitrogen and oxygen atoms in total. The van der Waals surface area contributed by atoms with Crippen LogP contribution in [0.5, 0.6) is 0 Å². The Bertz CT molecular complexity index is 708. The van der Waals surface area contributed by atoms with E-state index in [0.29, 0.717) is 18.9 Å². The monoisotopic (exact) mass is 371 g/mol. The van der Waals surface area contributed by atoms with Crippen LogP contribution in [0.15, 0.2) is 12.4 Å². The zero-order valence-corrected chi connectivity index (χ0v) is 16.1. The Morgan fingerprint density at radius 2 is 2.00 bits per heavy atom. The van der Waals surface area contributed by atoms with Crippen molar-refractivity contribution in [2.24, 2.45) is 17.1 Å². The maximum absolute atomic E-state index is 12.6. The minimum Gasteiger partial charge on any atom is -0.341 e. The van der Waals surface area contributed by atoms with E-state index in [9.17, 15) is 9.59 Å². The van der Waals surface area contributed by atoms with E-state index in [2.05, 4.69) is 9.97 Å². The number of rotatable bonds is 4. The molecule has 3 aliphatic rings. The van der Waals surface area contributed by atoms with E-state index in [1.807, 2.05) is 16.7 Å². The Kier molecular flexibility index (Phi) is 4.88. The van der Waals surface area contributed by atoms with E-state index < -0.39 is 0 Å². The number of aryl methyl sites for hydroxylation is 1. The normalized spacial score (nSPS) is 23.6. The van der Waals surface area contributed by atoms with E-state index in [4.69, 9.17) is 5.73 Å². The highest BCUT2D eigenvalue weighted by atomic mass is 16.2. The van der Waals surface area contributed by atoms with Gasteiger partial charge >= 0.3 is 0 Å². The quantitative estimate of drug-likeness (QED) is 0.860. The molecule has 2 saturated heterocycles. The minimum absolute atomic E-state index is 0.117. The number of hydrogen-bond donors (Lipinski definition) is 1. The highest BCUT2D eigenvalue weighted by molar-refractivity contribution is 5.82. The zero-order chi connectivity index (χ0) is 19.0. The van der Waals surface area contributed by atoms with Crippen LogP contribution in [-0.2, 0) is 16.1 Å². The van der Waals surface area contributed by atoms with Crippen molar-refractivity contribution in [1.29, 1.82) is 0 Å². The molecule has 0 bridgehead atoms. The van der Waals surface area contributed by atoms with E-state index in [1.54, 1.807) is 12.4 Å². The molecule has 2 N–H and O–H groups in total. The van der Waals surface area contributed by atoms with Crippen molar-refractivity contribution in [3.05, 3.63) is 23.8 Å². The van der Waals surface area contributed by atoms with E-state index >= 15 is 0 Å². The second-order valence-corrected chi connectivity index (χ2v) is 8.59. The van der Waals surface area contributed by atoms with Crippen molar-refractivity contribution >= 4 is 11.8 Å². The number of amides is 2. The number of carbonyl (C=O) groups excluding carboxylic acids is 2. The van der Waals surface area contributed by atoms with Gasteiger partial charge in [-0.1, -0.05) is 0 Å². The van der Waals surface area contributed by atoms with Crippen LogP contribution in [0.1, 0.15) is 49.9 Å². The molecule has 2 aliphatic heterocycles. The highest BCUT2D eigenvalue weighted by Crippen LogP contribution is 2.41. The molecule has 1 saturated carbocycles. The highest BCUT2D eigenvalue weighted by Gasteiger charge is 2.43. The molecule has 4 rings (SSSR count). The smallest absolute Gasteiger partial charge is 0.239 e. The van der Waals surface area contributed by atoms with E-state index in [1.165, 1.54) is 0 Å². The topological polar surface area (TPSA) is 92.4 Å². The molecule has 0 radical (unpaired) electrons. The van der Waals surface area contributed by atoms with Crippen LogP contribution in [0.25, 0.3) is 0 Å². The van der Waals surface area contributed by atoms with Crippen molar-refractivity contribution in [2.45, 2.75) is 58.0 Å². The maximum atomic E-state index is 12.6. The first kappa shape index (κ1) is 18.3. The van der Waals surface area contributed by atoms with Crippen molar-refractivity contribution in [3.63, 3.8) is 0 Å². The molecule has 0 unspecified atom stereocenters. The van der Waals surface area contributed by atoms with Gasteiger partial charge < -0.3 is 15.5 Å². The minimum atomic E-state index is -0.316. The first-order chi connectivity index (χ1) is 13.0. The molecule has 1 aromatic heterocycles. The molecule has 3 fully saturated rings. The molecule has 7 heteroatoms. The van der Waals surface area contributed by atoms with Crippen molar-refractivity contribution in [3.8, 4) is 0 Å². The Balaban J connectivity index is 1.36. The van der Waals surface area contributed by atoms with Gasteiger partial charge in [-0.15, -0.1) is 0 Å². The molecule has 1 aliphatic carbocycles. The van der Waals surface area contributed by atoms with Gasteiger partial charge in [0, 0.05) is 32.3 Å². The number of carbonyl (C=O) groups is 2. The molecule has 146 valence electrons. The molecular formula is C20H29N5O2. The summed E-state index contributed by atoms with van der Waals surface area (Å²) < 4.78 is 0. The summed E-state index contributed by atoms with van der Waals surface area (Å²) in [6, 6.07) is -0.316. The molecule has 2 amide bonds. The average molecular weight is 371 g/mol. The summed E-state index contributed by atoms with van der Waals surface area (Å²) in [5, 5.41) is 0. The van der Waals surface area contributed by atoms with Crippen LogP contribution in [-0.4, -0.2) is 57.3 Å². The summed E-state index contributed by atoms with van der Waals surface area (Å²) in [4.78, 5) is 37.5. The van der Waals surface area contributed by atoms with Crippen LogP contribution in [0, 0.1) is 18.3 Å². The molecule has 1 atom stereocenters. The fourth-order valence-electron chi connectivity index (χ4n) is 4.42. The summed E-state index contributed by atoms with van der Waals surface area (Å²) in [5.41, 5.74) is 7.92. The first-order valence-electron chi connectivity index (χ1n) is 10.1. The Hall–Kier alpha value is -2.02. The van der Waals surface area contributed by atoms with Crippen molar-refractivity contribution in [1.82, 2.24) is 19.8 Å². The van der Waals surface area contributed by atoms with Crippen LogP contribution >= 0.6 is 0 Å². The Morgan fingerprint density at radius 1 is 1.26 bits per heavy atom. The third-order valence-corrected chi connectivity index (χ3v) is 6.49. The molecule has 27 heavy (non-hydrogen) atoms. The van der Waals surface area contributed by atoms with Gasteiger partial charge in [0.25, 0.3) is 0 Å². The lowest BCUT2D eigenvalue weighted by Gasteiger charge is -2.47. The summed E-state index contributed by atoms with van der Waals surface area (Å²) in [5.74, 6) is 0.704. The largest absolute Gasteiger partial charge is 0.341 e. The van der Waals surface area contributed by atoms with E-state index in [-0.39, 0.29) is 23.3 Å². The molecule has 0 aromatic carbocycles. The molecule has 1 spiro atoms. The van der Waals surface area contributed by atoms with Crippen molar-refractivity contribution < 1.29 is 9.59 Å². The van der Waals surface area contributed by atoms with Gasteiger partial charge in [-0.2, -0.15) is 0 Å². The number of aromatic nitrogens is 2. The second-order valence-electron chi connectivity index (χ2n) is 8.59. The van der Waals surface area contributed by atoms with Crippen LogP contribution in [0.2, 0.25) is 0 Å². The summed E-state index contributed by atoms with van der Waals surface area (Å²) in [6.07, 6.45) is 9.05. The second kappa shape index (κ2) is 7.19. The summed E-state index contributed by atoms with van der Waals surface area (Å²) in [6.45, 7) is 4.68. The van der Waals surface area contributed by atoms with Gasteiger partial charge in [-0.3, -0.25) is 19.6 Å². The summed E-state index contributed by atoms with van der Waals surface area (Å²) in [7, 11) is 0. The lowest BCUT2D eigenvalue weighted by Crippen LogP contribution is -2.54. The third-order valence-electron chi connectivity index (χ3n) is 6.49. The standard InChI is InChI=1S/C20H29N5O2/c1-14-10-23-16(11-22-14)12-25-13-20(5-4-17(25)26)6-8-24(9-7-20)19(27)18(21)15-2-3-15/h10-11,15,18H,2-9,12-13,21H2,1H3/t18-/m0/s1. The van der Waals surface area contributed by atoms with Gasteiger partial charge in [-0.25, -0.2) is 0 Å². The molecule has 1 aromatic rings.